The highest BCUT2D eigenvalue weighted by molar-refractivity contribution is 5.99. The quantitative estimate of drug-likeness (QED) is 0.473. The molecule has 2 fully saturated rings. The first-order chi connectivity index (χ1) is 20.5. The Bertz CT molecular complexity index is 1350. The first kappa shape index (κ1) is 28.6. The van der Waals surface area contributed by atoms with Gasteiger partial charge in [-0.1, -0.05) is 43.2 Å². The van der Waals surface area contributed by atoms with Gasteiger partial charge in [0.25, 0.3) is 5.91 Å². The van der Waals surface area contributed by atoms with Gasteiger partial charge in [0.2, 0.25) is 0 Å². The first-order valence-corrected chi connectivity index (χ1v) is 15.2. The number of hydrogen-bond donors (Lipinski definition) is 2. The number of piperazine rings is 1. The molecule has 0 bridgehead atoms. The summed E-state index contributed by atoms with van der Waals surface area (Å²) in [6, 6.07) is 9.94. The summed E-state index contributed by atoms with van der Waals surface area (Å²) in [7, 11) is 1.62. The minimum absolute atomic E-state index is 0.0337. The van der Waals surface area contributed by atoms with Crippen molar-refractivity contribution in [1.29, 1.82) is 0 Å². The van der Waals surface area contributed by atoms with E-state index in [4.69, 9.17) is 14.5 Å². The maximum atomic E-state index is 14.3. The van der Waals surface area contributed by atoms with Crippen molar-refractivity contribution < 1.29 is 19.4 Å². The maximum absolute atomic E-state index is 14.3. The predicted molar refractivity (Wildman–Crippen MR) is 161 cm³/mol. The molecule has 4 aliphatic rings. The van der Waals surface area contributed by atoms with Gasteiger partial charge in [0, 0.05) is 63.6 Å². The van der Waals surface area contributed by atoms with Crippen LogP contribution in [0.15, 0.2) is 65.8 Å². The molecule has 1 amide bonds. The van der Waals surface area contributed by atoms with E-state index < -0.39 is 5.60 Å². The highest BCUT2D eigenvalue weighted by Crippen LogP contribution is 2.41. The predicted octanol–water partition coefficient (Wildman–Crippen LogP) is 3.38. The Labute approximate surface area is 247 Å². The van der Waals surface area contributed by atoms with Gasteiger partial charge >= 0.3 is 0 Å². The average molecular weight is 575 g/mol. The summed E-state index contributed by atoms with van der Waals surface area (Å²) in [6.45, 7) is 5.74. The number of nitrogens with zero attached hydrogens (tertiary/aromatic N) is 5. The maximum Gasteiger partial charge on any atom is 0.275 e. The van der Waals surface area contributed by atoms with Crippen LogP contribution < -0.4 is 5.32 Å². The zero-order chi connectivity index (χ0) is 29.1. The van der Waals surface area contributed by atoms with E-state index in [1.807, 2.05) is 58.2 Å². The lowest BCUT2D eigenvalue weighted by Crippen LogP contribution is -2.54. The molecule has 6 rings (SSSR count). The van der Waals surface area contributed by atoms with E-state index in [0.717, 1.165) is 55.2 Å². The number of fused-ring (bicyclic) bond motifs is 1. The molecule has 10 nitrogen and oxygen atoms in total. The Morgan fingerprint density at radius 1 is 1.24 bits per heavy atom. The fourth-order valence-corrected chi connectivity index (χ4v) is 6.80. The van der Waals surface area contributed by atoms with Gasteiger partial charge in [-0.2, -0.15) is 0 Å². The first-order valence-electron chi connectivity index (χ1n) is 15.2. The number of amidine groups is 1. The van der Waals surface area contributed by atoms with Crippen molar-refractivity contribution in [2.24, 2.45) is 4.99 Å². The van der Waals surface area contributed by atoms with Crippen molar-refractivity contribution >= 4 is 11.7 Å². The second-order valence-corrected chi connectivity index (χ2v) is 11.9. The van der Waals surface area contributed by atoms with Crippen LogP contribution in [-0.2, 0) is 9.47 Å². The Kier molecular flexibility index (Phi) is 8.46. The van der Waals surface area contributed by atoms with Crippen LogP contribution in [0.4, 0.5) is 0 Å². The van der Waals surface area contributed by atoms with Crippen LogP contribution >= 0.6 is 0 Å². The van der Waals surface area contributed by atoms with E-state index in [1.165, 1.54) is 0 Å². The molecule has 3 aliphatic heterocycles. The lowest BCUT2D eigenvalue weighted by atomic mass is 9.80. The van der Waals surface area contributed by atoms with E-state index in [0.29, 0.717) is 38.2 Å². The lowest BCUT2D eigenvalue weighted by Gasteiger charge is -2.41. The fraction of sp³-hybridized carbons (Fsp3) is 0.531. The molecule has 1 saturated heterocycles. The smallest absolute Gasteiger partial charge is 0.275 e. The van der Waals surface area contributed by atoms with Crippen molar-refractivity contribution in [3.05, 3.63) is 66.5 Å². The fourth-order valence-electron chi connectivity index (χ4n) is 6.80. The summed E-state index contributed by atoms with van der Waals surface area (Å²) in [6.07, 6.45) is 11.8. The molecule has 1 aliphatic carbocycles. The average Bonchev–Trinajstić information content (AvgIpc) is 3.60. The third-order valence-electron chi connectivity index (χ3n) is 8.86. The summed E-state index contributed by atoms with van der Waals surface area (Å²) >= 11 is 0. The molecule has 1 aromatic heterocycles. The van der Waals surface area contributed by atoms with Crippen molar-refractivity contribution in [1.82, 2.24) is 24.7 Å². The molecule has 1 unspecified atom stereocenters. The van der Waals surface area contributed by atoms with Crippen LogP contribution in [-0.4, -0.2) is 100 Å². The SMILES string of the molecule is COC[C@]1(O)CCCC[C@H]1n1cnc(C(=O)N2CCNC[C@H]2CCOC2=CC3=NC(C)CN3C=C2)c1-c1ccccc1. The second kappa shape index (κ2) is 12.4. The highest BCUT2D eigenvalue weighted by Gasteiger charge is 2.42. The number of carbonyl (C=O) groups excluding carboxylic acids is 1. The van der Waals surface area contributed by atoms with Gasteiger partial charge in [-0.15, -0.1) is 0 Å². The summed E-state index contributed by atoms with van der Waals surface area (Å²) < 4.78 is 13.6. The summed E-state index contributed by atoms with van der Waals surface area (Å²) in [5.41, 5.74) is 1.07. The van der Waals surface area contributed by atoms with Gasteiger partial charge in [-0.3, -0.25) is 9.79 Å². The van der Waals surface area contributed by atoms with Crippen molar-refractivity contribution in [2.75, 3.05) is 46.5 Å². The molecule has 2 aromatic rings. The highest BCUT2D eigenvalue weighted by atomic mass is 16.5. The summed E-state index contributed by atoms with van der Waals surface area (Å²) in [5, 5.41) is 15.1. The number of imidazole rings is 1. The zero-order valence-corrected chi connectivity index (χ0v) is 24.6. The van der Waals surface area contributed by atoms with Crippen molar-refractivity contribution in [2.45, 2.75) is 62.8 Å². The number of aliphatic hydroxyl groups is 1. The molecule has 224 valence electrons. The molecule has 0 spiro atoms. The van der Waals surface area contributed by atoms with E-state index in [1.54, 1.807) is 13.4 Å². The van der Waals surface area contributed by atoms with Crippen LogP contribution in [0.2, 0.25) is 0 Å². The number of nitrogens with one attached hydrogen (secondary N) is 1. The second-order valence-electron chi connectivity index (χ2n) is 11.9. The number of allylic oxidation sites excluding steroid dienone is 1. The third-order valence-corrected chi connectivity index (χ3v) is 8.86. The number of benzene rings is 1. The Balaban J connectivity index is 1.23. The molecule has 1 aromatic carbocycles. The van der Waals surface area contributed by atoms with Gasteiger partial charge in [-0.05, 0) is 25.8 Å². The van der Waals surface area contributed by atoms with Gasteiger partial charge in [0.15, 0.2) is 5.69 Å². The van der Waals surface area contributed by atoms with Crippen molar-refractivity contribution in [3.63, 3.8) is 0 Å². The Hall–Kier alpha value is -3.47. The topological polar surface area (TPSA) is 104 Å². The molecule has 10 heteroatoms. The number of rotatable bonds is 9. The number of amides is 1. The van der Waals surface area contributed by atoms with Gasteiger partial charge < -0.3 is 34.3 Å². The van der Waals surface area contributed by atoms with Gasteiger partial charge in [0.1, 0.15) is 17.2 Å². The molecule has 4 heterocycles. The molecule has 2 N–H and O–H groups in total. The molecular weight excluding hydrogens is 532 g/mol. The van der Waals surface area contributed by atoms with Crippen LogP contribution in [0.5, 0.6) is 0 Å². The number of aromatic nitrogens is 2. The number of ether oxygens (including phenoxy) is 2. The summed E-state index contributed by atoms with van der Waals surface area (Å²) in [4.78, 5) is 27.7. The van der Waals surface area contributed by atoms with Gasteiger partial charge in [0.05, 0.1) is 37.3 Å². The van der Waals surface area contributed by atoms with Crippen LogP contribution in [0.3, 0.4) is 0 Å². The van der Waals surface area contributed by atoms with E-state index >= 15 is 0 Å². The molecule has 1 saturated carbocycles. The third kappa shape index (κ3) is 5.75. The normalized spacial score (nSPS) is 27.5. The number of methoxy groups -OCH3 is 1. The van der Waals surface area contributed by atoms with Crippen LogP contribution in [0.1, 0.15) is 55.6 Å². The van der Waals surface area contributed by atoms with Crippen molar-refractivity contribution in [3.8, 4) is 11.3 Å². The van der Waals surface area contributed by atoms with Gasteiger partial charge in [-0.25, -0.2) is 4.98 Å². The number of carbonyl (C=O) groups is 1. The van der Waals surface area contributed by atoms with Crippen LogP contribution in [0.25, 0.3) is 11.3 Å². The number of aliphatic imine (C=N–C) groups is 1. The van der Waals surface area contributed by atoms with E-state index in [9.17, 15) is 9.90 Å². The van der Waals surface area contributed by atoms with E-state index in [-0.39, 0.29) is 30.6 Å². The summed E-state index contributed by atoms with van der Waals surface area (Å²) in [5.74, 6) is 1.64. The largest absolute Gasteiger partial charge is 0.493 e. The molecular formula is C32H42N6O4. The Morgan fingerprint density at radius 2 is 2.10 bits per heavy atom. The monoisotopic (exact) mass is 574 g/mol. The number of hydrogen-bond acceptors (Lipinski definition) is 8. The molecule has 4 atom stereocenters. The lowest BCUT2D eigenvalue weighted by molar-refractivity contribution is -0.0893. The minimum atomic E-state index is -1.02. The van der Waals surface area contributed by atoms with E-state index in [2.05, 4.69) is 22.1 Å². The minimum Gasteiger partial charge on any atom is -0.493 e. The zero-order valence-electron chi connectivity index (χ0n) is 24.6. The molecule has 0 radical (unpaired) electrons. The molecule has 42 heavy (non-hydrogen) atoms. The standard InChI is InChI=1S/C32H42N6O4/c1-23-20-36-15-11-26(18-28(36)35-23)42-17-12-25-19-33-14-16-37(25)31(39)29-30(24-8-4-3-5-9-24)38(22-34-29)27-10-6-7-13-32(27,40)21-41-2/h3-5,8-9,11,15,18,22-23,25,27,33,40H,6-7,10,12-14,16-17,19-21H2,1-2H3/t23?,25-,27-,32-/m1/s1. The van der Waals surface area contributed by atoms with Crippen LogP contribution in [0, 0.1) is 0 Å². The Morgan fingerprint density at radius 3 is 2.93 bits per heavy atom.